The lowest BCUT2D eigenvalue weighted by molar-refractivity contribution is -0.167. The first kappa shape index (κ1) is 77.4. The van der Waals surface area contributed by atoms with E-state index in [0.29, 0.717) is 19.3 Å². The van der Waals surface area contributed by atoms with Gasteiger partial charge in [0.25, 0.3) is 0 Å². The Morgan fingerprint density at radius 2 is 0.342 bits per heavy atom. The number of rotatable bonds is 69. The Balaban J connectivity index is 3.90. The summed E-state index contributed by atoms with van der Waals surface area (Å²) in [6.07, 6.45) is 82.0. The summed E-state index contributed by atoms with van der Waals surface area (Å²) in [4.78, 5) is 38.1. The topological polar surface area (TPSA) is 78.9 Å². The maximum absolute atomic E-state index is 12.9. The standard InChI is InChI=1S/C73H142O6/c1-4-7-10-13-16-18-20-22-24-26-28-30-32-33-34-35-36-37-38-39-40-42-43-45-47-49-51-53-55-57-60-63-66-72(75)78-69-70(68-77-71(74)65-62-59-15-12-9-6-3)79-73(76)67-64-61-58-56-54-52-50-48-46-44-41-31-29-27-25-23-21-19-17-14-11-8-5-2/h70H,4-69H2,1-3H3. The smallest absolute Gasteiger partial charge is 0.306 e. The average molecular weight is 1120 g/mol. The van der Waals surface area contributed by atoms with E-state index in [2.05, 4.69) is 20.8 Å². The van der Waals surface area contributed by atoms with Gasteiger partial charge in [-0.3, -0.25) is 14.4 Å². The van der Waals surface area contributed by atoms with Crippen molar-refractivity contribution in [2.24, 2.45) is 0 Å². The van der Waals surface area contributed by atoms with Crippen molar-refractivity contribution in [3.8, 4) is 0 Å². The van der Waals surface area contributed by atoms with Gasteiger partial charge >= 0.3 is 17.9 Å². The van der Waals surface area contributed by atoms with Crippen molar-refractivity contribution in [2.45, 2.75) is 438 Å². The highest BCUT2D eigenvalue weighted by Gasteiger charge is 2.20. The molecule has 1 unspecified atom stereocenters. The molecule has 0 radical (unpaired) electrons. The Morgan fingerprint density at radius 3 is 0.506 bits per heavy atom. The van der Waals surface area contributed by atoms with Gasteiger partial charge in [0.05, 0.1) is 0 Å². The third-order valence-corrected chi connectivity index (χ3v) is 17.1. The molecule has 0 fully saturated rings. The van der Waals surface area contributed by atoms with E-state index in [1.165, 1.54) is 334 Å². The molecule has 6 heteroatoms. The molecule has 0 aromatic rings. The first-order chi connectivity index (χ1) is 39.0. The SMILES string of the molecule is CCCCCCCCCCCCCCCCCCCCCCCCCCCCCCCCCCC(=O)OCC(COC(=O)CCCCCCCC)OC(=O)CCCCCCCCCCCCCCCCCCCCCCCCC. The Morgan fingerprint density at radius 1 is 0.203 bits per heavy atom. The van der Waals surface area contributed by atoms with E-state index in [-0.39, 0.29) is 31.1 Å². The van der Waals surface area contributed by atoms with Crippen molar-refractivity contribution in [3.63, 3.8) is 0 Å². The van der Waals surface area contributed by atoms with Crippen LogP contribution in [0.1, 0.15) is 432 Å². The van der Waals surface area contributed by atoms with E-state index in [1.54, 1.807) is 0 Å². The second kappa shape index (κ2) is 68.9. The number of esters is 3. The van der Waals surface area contributed by atoms with Crippen LogP contribution in [0, 0.1) is 0 Å². The van der Waals surface area contributed by atoms with Gasteiger partial charge < -0.3 is 14.2 Å². The molecule has 0 saturated heterocycles. The van der Waals surface area contributed by atoms with E-state index in [1.807, 2.05) is 0 Å². The van der Waals surface area contributed by atoms with Gasteiger partial charge in [-0.1, -0.05) is 393 Å². The molecule has 79 heavy (non-hydrogen) atoms. The molecular weight excluding hydrogens is 973 g/mol. The Labute approximate surface area is 495 Å². The van der Waals surface area contributed by atoms with Crippen LogP contribution in [0.2, 0.25) is 0 Å². The number of carbonyl (C=O) groups excluding carboxylic acids is 3. The van der Waals surface area contributed by atoms with Crippen LogP contribution in [0.5, 0.6) is 0 Å². The van der Waals surface area contributed by atoms with Crippen LogP contribution in [0.25, 0.3) is 0 Å². The minimum absolute atomic E-state index is 0.0616. The highest BCUT2D eigenvalue weighted by molar-refractivity contribution is 5.71. The molecule has 470 valence electrons. The highest BCUT2D eigenvalue weighted by Crippen LogP contribution is 2.20. The van der Waals surface area contributed by atoms with Crippen molar-refractivity contribution in [2.75, 3.05) is 13.2 Å². The molecule has 0 aliphatic rings. The predicted molar refractivity (Wildman–Crippen MR) is 344 cm³/mol. The number of ether oxygens (including phenoxy) is 3. The number of hydrogen-bond donors (Lipinski definition) is 0. The maximum Gasteiger partial charge on any atom is 0.306 e. The monoisotopic (exact) mass is 1120 g/mol. The summed E-state index contributed by atoms with van der Waals surface area (Å²) in [5.41, 5.74) is 0. The zero-order chi connectivity index (χ0) is 57.1. The summed E-state index contributed by atoms with van der Waals surface area (Å²) >= 11 is 0. The number of hydrogen-bond acceptors (Lipinski definition) is 6. The summed E-state index contributed by atoms with van der Waals surface area (Å²) in [5.74, 6) is -0.836. The summed E-state index contributed by atoms with van der Waals surface area (Å²) in [6, 6.07) is 0. The van der Waals surface area contributed by atoms with Crippen molar-refractivity contribution < 1.29 is 28.6 Å². The van der Waals surface area contributed by atoms with Gasteiger partial charge in [0.15, 0.2) is 6.10 Å². The summed E-state index contributed by atoms with van der Waals surface area (Å²) in [7, 11) is 0. The Kier molecular flexibility index (Phi) is 67.5. The lowest BCUT2D eigenvalue weighted by atomic mass is 10.0. The van der Waals surface area contributed by atoms with Crippen molar-refractivity contribution in [3.05, 3.63) is 0 Å². The molecule has 0 bridgehead atoms. The fourth-order valence-corrected chi connectivity index (χ4v) is 11.6. The molecule has 0 heterocycles. The summed E-state index contributed by atoms with van der Waals surface area (Å²) < 4.78 is 16.9. The first-order valence-electron chi connectivity index (χ1n) is 36.5. The van der Waals surface area contributed by atoms with E-state index >= 15 is 0 Å². The van der Waals surface area contributed by atoms with Crippen molar-refractivity contribution >= 4 is 17.9 Å². The second-order valence-electron chi connectivity index (χ2n) is 25.2. The zero-order valence-electron chi connectivity index (χ0n) is 54.2. The third kappa shape index (κ3) is 67.1. The van der Waals surface area contributed by atoms with E-state index in [0.717, 1.165) is 57.8 Å². The van der Waals surface area contributed by atoms with Crippen LogP contribution in [0.15, 0.2) is 0 Å². The molecule has 0 rings (SSSR count). The molecule has 0 aromatic carbocycles. The van der Waals surface area contributed by atoms with E-state index in [9.17, 15) is 14.4 Å². The van der Waals surface area contributed by atoms with E-state index < -0.39 is 6.10 Å². The molecule has 0 amide bonds. The molecule has 0 saturated carbocycles. The summed E-state index contributed by atoms with van der Waals surface area (Å²) in [5, 5.41) is 0. The lowest BCUT2D eigenvalue weighted by Gasteiger charge is -2.18. The van der Waals surface area contributed by atoms with Crippen LogP contribution in [0.3, 0.4) is 0 Å². The highest BCUT2D eigenvalue weighted by atomic mass is 16.6. The van der Waals surface area contributed by atoms with E-state index in [4.69, 9.17) is 14.2 Å². The van der Waals surface area contributed by atoms with Gasteiger partial charge in [-0.05, 0) is 19.3 Å². The molecule has 0 N–H and O–H groups in total. The predicted octanol–water partition coefficient (Wildman–Crippen LogP) is 25.0. The van der Waals surface area contributed by atoms with Crippen LogP contribution >= 0.6 is 0 Å². The fourth-order valence-electron chi connectivity index (χ4n) is 11.6. The van der Waals surface area contributed by atoms with Gasteiger partial charge in [-0.2, -0.15) is 0 Å². The van der Waals surface area contributed by atoms with Gasteiger partial charge in [-0.25, -0.2) is 0 Å². The summed E-state index contributed by atoms with van der Waals surface area (Å²) in [6.45, 7) is 6.68. The Hall–Kier alpha value is -1.59. The molecule has 0 aliphatic heterocycles. The number of unbranched alkanes of at least 4 members (excludes halogenated alkanes) is 58. The normalized spacial score (nSPS) is 11.9. The minimum atomic E-state index is -0.761. The second-order valence-corrected chi connectivity index (χ2v) is 25.2. The molecule has 6 nitrogen and oxygen atoms in total. The lowest BCUT2D eigenvalue weighted by Crippen LogP contribution is -2.30. The quantitative estimate of drug-likeness (QED) is 0.0343. The largest absolute Gasteiger partial charge is 0.462 e. The molecule has 0 aliphatic carbocycles. The zero-order valence-corrected chi connectivity index (χ0v) is 54.2. The van der Waals surface area contributed by atoms with Gasteiger partial charge in [0.2, 0.25) is 0 Å². The average Bonchev–Trinajstić information content (AvgIpc) is 3.45. The van der Waals surface area contributed by atoms with Crippen LogP contribution in [-0.4, -0.2) is 37.2 Å². The van der Waals surface area contributed by atoms with Crippen molar-refractivity contribution in [1.82, 2.24) is 0 Å². The third-order valence-electron chi connectivity index (χ3n) is 17.1. The maximum atomic E-state index is 12.9. The molecular formula is C73H142O6. The van der Waals surface area contributed by atoms with Crippen LogP contribution in [0.4, 0.5) is 0 Å². The molecule has 1 atom stereocenters. The first-order valence-corrected chi connectivity index (χ1v) is 36.5. The van der Waals surface area contributed by atoms with Gasteiger partial charge in [0, 0.05) is 19.3 Å². The van der Waals surface area contributed by atoms with Gasteiger partial charge in [-0.15, -0.1) is 0 Å². The minimum Gasteiger partial charge on any atom is -0.462 e. The molecule has 0 aromatic heterocycles. The van der Waals surface area contributed by atoms with Crippen LogP contribution in [-0.2, 0) is 28.6 Å². The Bertz CT molecular complexity index is 1190. The molecule has 0 spiro atoms. The van der Waals surface area contributed by atoms with Gasteiger partial charge in [0.1, 0.15) is 13.2 Å². The number of carbonyl (C=O) groups is 3. The van der Waals surface area contributed by atoms with Crippen LogP contribution < -0.4 is 0 Å². The van der Waals surface area contributed by atoms with Crippen molar-refractivity contribution in [1.29, 1.82) is 0 Å². The fraction of sp³-hybridized carbons (Fsp3) is 0.959.